The molecule has 6 nitrogen and oxygen atoms in total. The summed E-state index contributed by atoms with van der Waals surface area (Å²) in [7, 11) is -3.33. The van der Waals surface area contributed by atoms with Gasteiger partial charge in [-0.25, -0.2) is 13.1 Å². The Morgan fingerprint density at radius 1 is 1.07 bits per heavy atom. The van der Waals surface area contributed by atoms with Gasteiger partial charge < -0.3 is 5.32 Å². The van der Waals surface area contributed by atoms with E-state index in [1.54, 1.807) is 47.1 Å². The second-order valence-electron chi connectivity index (χ2n) is 7.05. The molecule has 2 aromatic carbocycles. The van der Waals surface area contributed by atoms with E-state index in [2.05, 4.69) is 10.4 Å². The maximum absolute atomic E-state index is 12.4. The van der Waals surface area contributed by atoms with Gasteiger partial charge in [0.1, 0.15) is 0 Å². The van der Waals surface area contributed by atoms with Gasteiger partial charge in [0.2, 0.25) is 5.91 Å². The van der Waals surface area contributed by atoms with Gasteiger partial charge >= 0.3 is 0 Å². The van der Waals surface area contributed by atoms with E-state index < -0.39 is 9.84 Å². The second kappa shape index (κ2) is 9.45. The summed E-state index contributed by atoms with van der Waals surface area (Å²) in [5, 5.41) is 8.00. The third-order valence-electron chi connectivity index (χ3n) is 4.86. The number of benzene rings is 2. The minimum atomic E-state index is -3.33. The van der Waals surface area contributed by atoms with Crippen molar-refractivity contribution in [2.45, 2.75) is 31.6 Å². The summed E-state index contributed by atoms with van der Waals surface area (Å²) in [4.78, 5) is 12.7. The predicted molar refractivity (Wildman–Crippen MR) is 118 cm³/mol. The molecule has 0 spiro atoms. The molecule has 0 aliphatic heterocycles. The summed E-state index contributed by atoms with van der Waals surface area (Å²) in [5.74, 6) is -0.168. The molecule has 0 saturated carbocycles. The highest BCUT2D eigenvalue weighted by atomic mass is 35.5. The van der Waals surface area contributed by atoms with Gasteiger partial charge in [-0.1, -0.05) is 29.8 Å². The van der Waals surface area contributed by atoms with E-state index in [1.807, 2.05) is 26.0 Å². The lowest BCUT2D eigenvalue weighted by Crippen LogP contribution is -2.27. The van der Waals surface area contributed by atoms with E-state index in [0.717, 1.165) is 22.6 Å². The summed E-state index contributed by atoms with van der Waals surface area (Å²) >= 11 is 5.95. The number of carbonyl (C=O) groups is 1. The number of sulfone groups is 1. The van der Waals surface area contributed by atoms with E-state index in [1.165, 1.54) is 0 Å². The molecule has 0 fully saturated rings. The highest BCUT2D eigenvalue weighted by molar-refractivity contribution is 7.91. The molecule has 0 aliphatic carbocycles. The van der Waals surface area contributed by atoms with E-state index in [9.17, 15) is 13.2 Å². The zero-order valence-electron chi connectivity index (χ0n) is 16.9. The Kier molecular flexibility index (Phi) is 6.95. The van der Waals surface area contributed by atoms with Gasteiger partial charge in [-0.15, -0.1) is 0 Å². The minimum absolute atomic E-state index is 0.0101. The largest absolute Gasteiger partial charge is 0.356 e. The summed E-state index contributed by atoms with van der Waals surface area (Å²) < 4.78 is 26.4. The van der Waals surface area contributed by atoms with E-state index in [-0.39, 0.29) is 18.1 Å². The fraction of sp³-hybridized carbons (Fsp3) is 0.273. The molecule has 0 aliphatic rings. The normalized spacial score (nSPS) is 11.4. The van der Waals surface area contributed by atoms with Gasteiger partial charge in [0, 0.05) is 22.8 Å². The van der Waals surface area contributed by atoms with Gasteiger partial charge in [0.15, 0.2) is 9.84 Å². The van der Waals surface area contributed by atoms with Crippen molar-refractivity contribution in [3.05, 3.63) is 76.6 Å². The molecule has 30 heavy (non-hydrogen) atoms. The molecule has 1 heterocycles. The van der Waals surface area contributed by atoms with E-state index >= 15 is 0 Å². The molecular weight excluding hydrogens is 422 g/mol. The van der Waals surface area contributed by atoms with E-state index in [0.29, 0.717) is 22.9 Å². The third kappa shape index (κ3) is 5.29. The third-order valence-corrected chi connectivity index (χ3v) is 6.93. The SMILES string of the molecule is Cc1nn(-c2ccc(Cl)cc2)c(C)c1CC(=O)NCCCS(=O)(=O)c1ccccc1. The average molecular weight is 446 g/mol. The number of aromatic nitrogens is 2. The molecule has 8 heteroatoms. The van der Waals surface area contributed by atoms with Crippen molar-refractivity contribution >= 4 is 27.3 Å². The van der Waals surface area contributed by atoms with Crippen LogP contribution in [0.15, 0.2) is 59.5 Å². The molecule has 1 N–H and O–H groups in total. The number of aryl methyl sites for hydroxylation is 1. The van der Waals surface area contributed by atoms with Crippen LogP contribution >= 0.6 is 11.6 Å². The van der Waals surface area contributed by atoms with Gasteiger partial charge in [0.25, 0.3) is 0 Å². The lowest BCUT2D eigenvalue weighted by Gasteiger charge is -2.08. The van der Waals surface area contributed by atoms with Crippen molar-refractivity contribution in [2.24, 2.45) is 0 Å². The van der Waals surface area contributed by atoms with Crippen LogP contribution in [0.25, 0.3) is 5.69 Å². The number of amides is 1. The Morgan fingerprint density at radius 2 is 1.73 bits per heavy atom. The fourth-order valence-electron chi connectivity index (χ4n) is 3.22. The van der Waals surface area contributed by atoms with Gasteiger partial charge in [-0.05, 0) is 56.7 Å². The number of hydrogen-bond donors (Lipinski definition) is 1. The quantitative estimate of drug-likeness (QED) is 0.536. The highest BCUT2D eigenvalue weighted by Crippen LogP contribution is 2.20. The molecule has 0 atom stereocenters. The van der Waals surface area contributed by atoms with Crippen LogP contribution < -0.4 is 5.32 Å². The molecule has 1 amide bonds. The topological polar surface area (TPSA) is 81.1 Å². The van der Waals surface area contributed by atoms with Crippen molar-refractivity contribution in [1.82, 2.24) is 15.1 Å². The molecule has 3 aromatic rings. The molecule has 0 bridgehead atoms. The van der Waals surface area contributed by atoms with Crippen LogP contribution in [0.5, 0.6) is 0 Å². The molecule has 0 saturated heterocycles. The number of nitrogens with one attached hydrogen (secondary N) is 1. The lowest BCUT2D eigenvalue weighted by atomic mass is 10.1. The van der Waals surface area contributed by atoms with Crippen molar-refractivity contribution < 1.29 is 13.2 Å². The Labute approximate surface area is 181 Å². The predicted octanol–water partition coefficient (Wildman–Crippen LogP) is 3.67. The summed E-state index contributed by atoms with van der Waals surface area (Å²) in [6.45, 7) is 4.09. The molecule has 0 unspecified atom stereocenters. The molecular formula is C22H24ClN3O3S. The highest BCUT2D eigenvalue weighted by Gasteiger charge is 2.17. The summed E-state index contributed by atoms with van der Waals surface area (Å²) in [6.07, 6.45) is 0.543. The number of nitrogens with zero attached hydrogens (tertiary/aromatic N) is 2. The monoisotopic (exact) mass is 445 g/mol. The van der Waals surface area contributed by atoms with Crippen LogP contribution in [0.2, 0.25) is 5.02 Å². The van der Waals surface area contributed by atoms with Crippen molar-refractivity contribution in [3.8, 4) is 5.69 Å². The molecule has 0 radical (unpaired) electrons. The summed E-state index contributed by atoms with van der Waals surface area (Å²) in [5.41, 5.74) is 3.40. The Hall–Kier alpha value is -2.64. The van der Waals surface area contributed by atoms with Crippen LogP contribution in [0, 0.1) is 13.8 Å². The average Bonchev–Trinajstić information content (AvgIpc) is 3.01. The summed E-state index contributed by atoms with van der Waals surface area (Å²) in [6, 6.07) is 15.7. The smallest absolute Gasteiger partial charge is 0.224 e. The van der Waals surface area contributed by atoms with Crippen LogP contribution in [-0.2, 0) is 21.1 Å². The maximum Gasteiger partial charge on any atom is 0.224 e. The zero-order chi connectivity index (χ0) is 21.7. The Morgan fingerprint density at radius 3 is 2.40 bits per heavy atom. The first-order valence-corrected chi connectivity index (χ1v) is 11.7. The standard InChI is InChI=1S/C22H24ClN3O3S/c1-16-21(17(2)26(25-16)19-11-9-18(23)10-12-19)15-22(27)24-13-6-14-30(28,29)20-7-4-3-5-8-20/h3-5,7-12H,6,13-15H2,1-2H3,(H,24,27). The Balaban J connectivity index is 1.56. The van der Waals surface area contributed by atoms with Crippen molar-refractivity contribution in [3.63, 3.8) is 0 Å². The lowest BCUT2D eigenvalue weighted by molar-refractivity contribution is -0.120. The Bertz CT molecular complexity index is 1120. The van der Waals surface area contributed by atoms with Crippen LogP contribution in [0.1, 0.15) is 23.4 Å². The molecule has 158 valence electrons. The maximum atomic E-state index is 12.4. The van der Waals surface area contributed by atoms with E-state index in [4.69, 9.17) is 11.6 Å². The van der Waals surface area contributed by atoms with Crippen LogP contribution in [0.3, 0.4) is 0 Å². The van der Waals surface area contributed by atoms with Gasteiger partial charge in [0.05, 0.1) is 28.5 Å². The first-order chi connectivity index (χ1) is 14.3. The van der Waals surface area contributed by atoms with Crippen molar-refractivity contribution in [1.29, 1.82) is 0 Å². The second-order valence-corrected chi connectivity index (χ2v) is 9.60. The molecule has 3 rings (SSSR count). The number of rotatable bonds is 8. The number of halogens is 1. The van der Waals surface area contributed by atoms with Crippen LogP contribution in [0.4, 0.5) is 0 Å². The number of hydrogen-bond acceptors (Lipinski definition) is 4. The zero-order valence-corrected chi connectivity index (χ0v) is 18.5. The minimum Gasteiger partial charge on any atom is -0.356 e. The fourth-order valence-corrected chi connectivity index (χ4v) is 4.68. The molecule has 1 aromatic heterocycles. The first-order valence-electron chi connectivity index (χ1n) is 9.63. The van der Waals surface area contributed by atoms with Gasteiger partial charge in [-0.2, -0.15) is 5.10 Å². The number of carbonyl (C=O) groups excluding carboxylic acids is 1. The van der Waals surface area contributed by atoms with Gasteiger partial charge in [-0.3, -0.25) is 4.79 Å². The van der Waals surface area contributed by atoms with Crippen LogP contribution in [-0.4, -0.2) is 36.4 Å². The first kappa shape index (κ1) is 22.1. The van der Waals surface area contributed by atoms with Crippen molar-refractivity contribution in [2.75, 3.05) is 12.3 Å².